The molecular weight excluding hydrogens is 284 g/mol. The molecule has 96 valence electrons. The van der Waals surface area contributed by atoms with Gasteiger partial charge in [-0.1, -0.05) is 11.6 Å². The minimum Gasteiger partial charge on any atom is -0.496 e. The van der Waals surface area contributed by atoms with Crippen molar-refractivity contribution in [2.75, 3.05) is 7.11 Å². The number of rotatable bonds is 3. The molecule has 0 aliphatic carbocycles. The Bertz CT molecular complexity index is 757. The monoisotopic (exact) mass is 292 g/mol. The minimum absolute atomic E-state index is 0.152. The third-order valence-electron chi connectivity index (χ3n) is 2.74. The van der Waals surface area contributed by atoms with Gasteiger partial charge in [-0.05, 0) is 24.3 Å². The summed E-state index contributed by atoms with van der Waals surface area (Å²) in [7, 11) is 1.57. The van der Waals surface area contributed by atoms with E-state index in [2.05, 4.69) is 0 Å². The maximum absolute atomic E-state index is 12.3. The summed E-state index contributed by atoms with van der Waals surface area (Å²) < 4.78 is 10.6. The van der Waals surface area contributed by atoms with Crippen molar-refractivity contribution in [2.45, 2.75) is 0 Å². The molecule has 3 rings (SSSR count). The van der Waals surface area contributed by atoms with Gasteiger partial charge in [-0.2, -0.15) is 0 Å². The van der Waals surface area contributed by atoms with Crippen molar-refractivity contribution in [2.24, 2.45) is 0 Å². The number of fused-ring (bicyclic) bond motifs is 1. The summed E-state index contributed by atoms with van der Waals surface area (Å²) in [6.45, 7) is 0. The number of ketones is 1. The van der Waals surface area contributed by atoms with Crippen LogP contribution in [0.3, 0.4) is 0 Å². The van der Waals surface area contributed by atoms with E-state index in [-0.39, 0.29) is 5.78 Å². The van der Waals surface area contributed by atoms with E-state index in [4.69, 9.17) is 20.8 Å². The maximum Gasteiger partial charge on any atom is 0.238 e. The molecule has 3 nitrogen and oxygen atoms in total. The molecule has 2 heterocycles. The van der Waals surface area contributed by atoms with Crippen LogP contribution in [-0.4, -0.2) is 12.9 Å². The van der Waals surface area contributed by atoms with E-state index in [1.54, 1.807) is 42.8 Å². The number of furan rings is 1. The molecule has 19 heavy (non-hydrogen) atoms. The second kappa shape index (κ2) is 4.72. The third-order valence-corrected chi connectivity index (χ3v) is 3.88. The van der Waals surface area contributed by atoms with Crippen molar-refractivity contribution >= 4 is 39.7 Å². The molecule has 0 aliphatic rings. The van der Waals surface area contributed by atoms with Crippen LogP contribution in [-0.2, 0) is 0 Å². The quantitative estimate of drug-likeness (QED) is 0.672. The van der Waals surface area contributed by atoms with Crippen LogP contribution < -0.4 is 4.74 Å². The molecule has 0 spiro atoms. The SMILES string of the molecule is COc1csc(C(=O)c2cc3cc(Cl)ccc3o2)c1. The standard InChI is InChI=1S/C14H9ClO3S/c1-17-10-6-13(19-7-10)14(16)12-5-8-4-9(15)2-3-11(8)18-12/h2-7H,1H3. The van der Waals surface area contributed by atoms with Crippen molar-refractivity contribution < 1.29 is 13.9 Å². The van der Waals surface area contributed by atoms with E-state index >= 15 is 0 Å². The van der Waals surface area contributed by atoms with Gasteiger partial charge in [-0.3, -0.25) is 4.79 Å². The van der Waals surface area contributed by atoms with E-state index in [1.165, 1.54) is 11.3 Å². The first kappa shape index (κ1) is 12.3. The van der Waals surface area contributed by atoms with Crippen LogP contribution in [0.15, 0.2) is 40.1 Å². The van der Waals surface area contributed by atoms with Crippen molar-refractivity contribution in [3.63, 3.8) is 0 Å². The second-order valence-corrected chi connectivity index (χ2v) is 5.32. The molecule has 0 N–H and O–H groups in total. The highest BCUT2D eigenvalue weighted by Crippen LogP contribution is 2.28. The number of benzene rings is 1. The highest BCUT2D eigenvalue weighted by Gasteiger charge is 2.17. The fourth-order valence-electron chi connectivity index (χ4n) is 1.79. The first-order valence-electron chi connectivity index (χ1n) is 5.53. The Morgan fingerprint density at radius 3 is 2.89 bits per heavy atom. The number of hydrogen-bond acceptors (Lipinski definition) is 4. The van der Waals surface area contributed by atoms with Crippen LogP contribution in [0.5, 0.6) is 5.75 Å². The van der Waals surface area contributed by atoms with Crippen molar-refractivity contribution in [3.05, 3.63) is 51.4 Å². The van der Waals surface area contributed by atoms with Gasteiger partial charge in [-0.15, -0.1) is 11.3 Å². The fourth-order valence-corrected chi connectivity index (χ4v) is 2.77. The van der Waals surface area contributed by atoms with Crippen LogP contribution in [0.1, 0.15) is 15.4 Å². The van der Waals surface area contributed by atoms with E-state index in [0.717, 1.165) is 5.39 Å². The van der Waals surface area contributed by atoms with Gasteiger partial charge >= 0.3 is 0 Å². The fraction of sp³-hybridized carbons (Fsp3) is 0.0714. The average molecular weight is 293 g/mol. The van der Waals surface area contributed by atoms with Crippen molar-refractivity contribution in [3.8, 4) is 5.75 Å². The predicted octanol–water partition coefficient (Wildman–Crippen LogP) is 4.39. The molecule has 2 aromatic heterocycles. The van der Waals surface area contributed by atoms with Gasteiger partial charge in [0.15, 0.2) is 5.76 Å². The Morgan fingerprint density at radius 2 is 2.16 bits per heavy atom. The van der Waals surface area contributed by atoms with Gasteiger partial charge in [0.1, 0.15) is 11.3 Å². The minimum atomic E-state index is -0.152. The van der Waals surface area contributed by atoms with E-state index in [9.17, 15) is 4.79 Å². The smallest absolute Gasteiger partial charge is 0.238 e. The zero-order valence-electron chi connectivity index (χ0n) is 9.98. The van der Waals surface area contributed by atoms with Crippen LogP contribution in [0.2, 0.25) is 5.02 Å². The summed E-state index contributed by atoms with van der Waals surface area (Å²) in [6, 6.07) is 8.66. The normalized spacial score (nSPS) is 10.8. The summed E-state index contributed by atoms with van der Waals surface area (Å²) >= 11 is 7.24. The number of ether oxygens (including phenoxy) is 1. The van der Waals surface area contributed by atoms with Gasteiger partial charge in [-0.25, -0.2) is 0 Å². The summed E-state index contributed by atoms with van der Waals surface area (Å²) in [5.41, 5.74) is 0.649. The second-order valence-electron chi connectivity index (χ2n) is 3.97. The average Bonchev–Trinajstić information content (AvgIpc) is 3.03. The van der Waals surface area contributed by atoms with E-state index < -0.39 is 0 Å². The van der Waals surface area contributed by atoms with E-state index in [1.807, 2.05) is 0 Å². The van der Waals surface area contributed by atoms with Gasteiger partial charge in [0, 0.05) is 21.9 Å². The number of thiophene rings is 1. The number of methoxy groups -OCH3 is 1. The molecular formula is C14H9ClO3S. The molecule has 0 aliphatic heterocycles. The summed E-state index contributed by atoms with van der Waals surface area (Å²) in [6.07, 6.45) is 0. The molecule has 0 saturated heterocycles. The molecule has 1 aromatic carbocycles. The van der Waals surface area contributed by atoms with E-state index in [0.29, 0.717) is 27.0 Å². The molecule has 0 bridgehead atoms. The Labute approximate surface area is 118 Å². The first-order chi connectivity index (χ1) is 9.17. The number of halogens is 1. The molecule has 0 fully saturated rings. The lowest BCUT2D eigenvalue weighted by molar-refractivity contribution is 0.101. The summed E-state index contributed by atoms with van der Waals surface area (Å²) in [5.74, 6) is 0.829. The lowest BCUT2D eigenvalue weighted by atomic mass is 10.2. The Hall–Kier alpha value is -1.78. The summed E-state index contributed by atoms with van der Waals surface area (Å²) in [4.78, 5) is 12.8. The lowest BCUT2D eigenvalue weighted by Crippen LogP contribution is -1.95. The highest BCUT2D eigenvalue weighted by atomic mass is 35.5. The van der Waals surface area contributed by atoms with Crippen LogP contribution in [0.25, 0.3) is 11.0 Å². The molecule has 5 heteroatoms. The lowest BCUT2D eigenvalue weighted by Gasteiger charge is -1.92. The van der Waals surface area contributed by atoms with Gasteiger partial charge < -0.3 is 9.15 Å². The molecule has 0 unspecified atom stereocenters. The number of hydrogen-bond donors (Lipinski definition) is 0. The Balaban J connectivity index is 2.01. The highest BCUT2D eigenvalue weighted by molar-refractivity contribution is 7.12. The largest absolute Gasteiger partial charge is 0.496 e. The van der Waals surface area contributed by atoms with Crippen molar-refractivity contribution in [1.82, 2.24) is 0 Å². The van der Waals surface area contributed by atoms with Gasteiger partial charge in [0.25, 0.3) is 0 Å². The maximum atomic E-state index is 12.3. The molecule has 0 saturated carbocycles. The summed E-state index contributed by atoms with van der Waals surface area (Å²) in [5, 5.41) is 3.22. The van der Waals surface area contributed by atoms with Gasteiger partial charge in [0.2, 0.25) is 5.78 Å². The number of carbonyl (C=O) groups is 1. The molecule has 0 amide bonds. The first-order valence-corrected chi connectivity index (χ1v) is 6.79. The van der Waals surface area contributed by atoms with Crippen LogP contribution in [0.4, 0.5) is 0 Å². The van der Waals surface area contributed by atoms with Gasteiger partial charge in [0.05, 0.1) is 12.0 Å². The Kier molecular flexibility index (Phi) is 3.05. The molecule has 0 atom stereocenters. The molecule has 0 radical (unpaired) electrons. The molecule has 3 aromatic rings. The Morgan fingerprint density at radius 1 is 1.32 bits per heavy atom. The predicted molar refractivity (Wildman–Crippen MR) is 75.5 cm³/mol. The zero-order chi connectivity index (χ0) is 13.4. The third kappa shape index (κ3) is 2.25. The van der Waals surface area contributed by atoms with Crippen LogP contribution in [0, 0.1) is 0 Å². The zero-order valence-corrected chi connectivity index (χ0v) is 11.5. The number of carbonyl (C=O) groups excluding carboxylic acids is 1. The van der Waals surface area contributed by atoms with Crippen LogP contribution >= 0.6 is 22.9 Å². The topological polar surface area (TPSA) is 39.4 Å². The van der Waals surface area contributed by atoms with Crippen molar-refractivity contribution in [1.29, 1.82) is 0 Å².